The Morgan fingerprint density at radius 2 is 1.76 bits per heavy atom. The minimum absolute atomic E-state index is 0.118. The molecule has 0 radical (unpaired) electrons. The van der Waals surface area contributed by atoms with Gasteiger partial charge in [-0.25, -0.2) is 14.5 Å². The van der Waals surface area contributed by atoms with Crippen LogP contribution in [0.25, 0.3) is 22.2 Å². The Morgan fingerprint density at radius 1 is 1.04 bits per heavy atom. The molecule has 288 valence electrons. The van der Waals surface area contributed by atoms with Gasteiger partial charge in [0.05, 0.1) is 25.4 Å². The molecule has 0 spiro atoms. The van der Waals surface area contributed by atoms with Crippen LogP contribution in [0.15, 0.2) is 67.3 Å². The van der Waals surface area contributed by atoms with E-state index in [-0.39, 0.29) is 32.4 Å². The normalized spacial score (nSPS) is 23.1. The van der Waals surface area contributed by atoms with Crippen LogP contribution in [-0.2, 0) is 29.3 Å². The van der Waals surface area contributed by atoms with E-state index in [1.54, 1.807) is 52.1 Å². The number of amides is 4. The second kappa shape index (κ2) is 14.9. The fourth-order valence-corrected chi connectivity index (χ4v) is 8.15. The Morgan fingerprint density at radius 3 is 2.35 bits per heavy atom. The third-order valence-electron chi connectivity index (χ3n) is 10.2. The van der Waals surface area contributed by atoms with Gasteiger partial charge in [0, 0.05) is 48.5 Å². The number of ether oxygens (including phenoxy) is 3. The summed E-state index contributed by atoms with van der Waals surface area (Å²) in [6.45, 7) is 9.64. The predicted molar refractivity (Wildman–Crippen MR) is 199 cm³/mol. The zero-order valence-corrected chi connectivity index (χ0v) is 31.8. The van der Waals surface area contributed by atoms with Crippen LogP contribution in [0.4, 0.5) is 4.79 Å². The van der Waals surface area contributed by atoms with Gasteiger partial charge in [-0.15, -0.1) is 6.58 Å². The quantitative estimate of drug-likeness (QED) is 0.231. The average molecular weight is 763 g/mol. The molecule has 16 heteroatoms. The lowest BCUT2D eigenvalue weighted by Gasteiger charge is -2.38. The summed E-state index contributed by atoms with van der Waals surface area (Å²) < 4.78 is 46.0. The van der Waals surface area contributed by atoms with Gasteiger partial charge in [0.25, 0.3) is 5.91 Å². The number of carbonyl (C=O) groups is 4. The molecular weight excluding hydrogens is 717 g/mol. The number of carbonyl (C=O) groups excluding carboxylic acids is 4. The van der Waals surface area contributed by atoms with E-state index in [0.717, 1.165) is 9.87 Å². The van der Waals surface area contributed by atoms with Gasteiger partial charge in [0.1, 0.15) is 29.1 Å². The number of rotatable bonds is 12. The van der Waals surface area contributed by atoms with Crippen molar-refractivity contribution in [3.8, 4) is 22.8 Å². The van der Waals surface area contributed by atoms with Crippen molar-refractivity contribution in [3.05, 3.63) is 67.3 Å². The Labute approximate surface area is 314 Å². The number of hydrogen-bond acceptors (Lipinski definition) is 10. The Balaban J connectivity index is 1.37. The molecule has 1 aliphatic carbocycles. The highest BCUT2D eigenvalue weighted by Crippen LogP contribution is 2.45. The number of hydrogen-bond donors (Lipinski definition) is 3. The van der Waals surface area contributed by atoms with Gasteiger partial charge in [-0.1, -0.05) is 57.2 Å². The summed E-state index contributed by atoms with van der Waals surface area (Å²) in [4.78, 5) is 61.3. The summed E-state index contributed by atoms with van der Waals surface area (Å²) in [5, 5.41) is 6.05. The maximum Gasteiger partial charge on any atom is 0.407 e. The van der Waals surface area contributed by atoms with Gasteiger partial charge in [0.15, 0.2) is 6.23 Å². The smallest absolute Gasteiger partial charge is 0.407 e. The molecule has 6 rings (SSSR count). The highest BCUT2D eigenvalue weighted by atomic mass is 32.2. The zero-order valence-electron chi connectivity index (χ0n) is 31.0. The fraction of sp³-hybridized carbons (Fsp3) is 0.447. The lowest BCUT2D eigenvalue weighted by Crippen LogP contribution is -2.62. The fourth-order valence-electron chi connectivity index (χ4n) is 6.86. The first-order chi connectivity index (χ1) is 25.6. The van der Waals surface area contributed by atoms with E-state index in [9.17, 15) is 27.6 Å². The van der Waals surface area contributed by atoms with Gasteiger partial charge in [0.2, 0.25) is 11.8 Å². The molecule has 0 bridgehead atoms. The highest BCUT2D eigenvalue weighted by molar-refractivity contribution is 7.87. The Kier molecular flexibility index (Phi) is 10.6. The van der Waals surface area contributed by atoms with Crippen molar-refractivity contribution in [2.75, 3.05) is 27.3 Å². The average Bonchev–Trinajstić information content (AvgIpc) is 3.67. The van der Waals surface area contributed by atoms with E-state index in [4.69, 9.17) is 19.2 Å². The van der Waals surface area contributed by atoms with E-state index in [0.29, 0.717) is 34.5 Å². The molecule has 3 N–H and O–H groups in total. The third-order valence-corrected chi connectivity index (χ3v) is 11.7. The molecule has 2 aliphatic heterocycles. The van der Waals surface area contributed by atoms with Crippen molar-refractivity contribution < 1.29 is 41.8 Å². The van der Waals surface area contributed by atoms with Crippen LogP contribution < -0.4 is 24.8 Å². The van der Waals surface area contributed by atoms with Crippen molar-refractivity contribution in [1.29, 1.82) is 0 Å². The number of fused-ring (bicyclic) bond motifs is 1. The van der Waals surface area contributed by atoms with Crippen LogP contribution >= 0.6 is 0 Å². The maximum atomic E-state index is 14.7. The number of methoxy groups -OCH3 is 2. The summed E-state index contributed by atoms with van der Waals surface area (Å²) in [5.41, 5.74) is -0.456. The molecule has 2 aromatic carbocycles. The Hall–Kier alpha value is -5.22. The number of nitrogens with one attached hydrogen (secondary N) is 3. The number of likely N-dealkylation sites (tertiary alicyclic amines) is 1. The summed E-state index contributed by atoms with van der Waals surface area (Å²) >= 11 is 0. The van der Waals surface area contributed by atoms with Gasteiger partial charge in [-0.3, -0.25) is 19.3 Å². The zero-order chi connectivity index (χ0) is 39.0. The lowest BCUT2D eigenvalue weighted by atomic mass is 9.85. The first-order valence-electron chi connectivity index (χ1n) is 17.8. The standard InChI is InChI=1S/C38H46N6O9S/c1-7-24-22-38(24,35(47)42-54(49,50)43-18-11-19-43)41-33(45)29-16-17-31(44(29)34(46)32(37(2,3)4)40-36(48)52-6)53-30-21-27(23-12-9-8-10-13-23)39-28-20-25(51-5)14-15-26(28)30/h7-10,12-15,20-21,24,29,31-32H,1,11,16-19,22H2,2-6H3,(H,40,48)(H,41,45)(H,42,47)/t24?,29-,31+,32-,38?/m0/s1. The minimum atomic E-state index is -4.11. The summed E-state index contributed by atoms with van der Waals surface area (Å²) in [6, 6.07) is 14.3. The second-order valence-corrected chi connectivity index (χ2v) is 16.5. The molecule has 3 aliphatic rings. The van der Waals surface area contributed by atoms with Crippen LogP contribution in [0.3, 0.4) is 0 Å². The molecule has 1 aromatic heterocycles. The van der Waals surface area contributed by atoms with Crippen molar-refractivity contribution >= 4 is 44.9 Å². The van der Waals surface area contributed by atoms with Crippen LogP contribution in [0.1, 0.15) is 46.5 Å². The number of pyridine rings is 1. The van der Waals surface area contributed by atoms with Gasteiger partial charge in [-0.05, 0) is 36.8 Å². The van der Waals surface area contributed by atoms with Gasteiger partial charge < -0.3 is 24.8 Å². The molecule has 5 atom stereocenters. The largest absolute Gasteiger partial charge is 0.497 e. The first kappa shape index (κ1) is 38.5. The molecule has 3 fully saturated rings. The van der Waals surface area contributed by atoms with Gasteiger partial charge in [-0.2, -0.15) is 12.7 Å². The molecular formula is C38H46N6O9S. The van der Waals surface area contributed by atoms with E-state index in [1.807, 2.05) is 30.3 Å². The molecule has 2 saturated heterocycles. The second-order valence-electron chi connectivity index (χ2n) is 14.8. The Bertz CT molecular complexity index is 2070. The lowest BCUT2D eigenvalue weighted by molar-refractivity contribution is -0.149. The minimum Gasteiger partial charge on any atom is -0.497 e. The highest BCUT2D eigenvalue weighted by Gasteiger charge is 2.62. The summed E-state index contributed by atoms with van der Waals surface area (Å²) in [5.74, 6) is -1.77. The predicted octanol–water partition coefficient (Wildman–Crippen LogP) is 3.50. The maximum absolute atomic E-state index is 14.7. The van der Waals surface area contributed by atoms with Crippen molar-refractivity contribution in [3.63, 3.8) is 0 Å². The van der Waals surface area contributed by atoms with E-state index >= 15 is 0 Å². The van der Waals surface area contributed by atoms with E-state index < -0.39 is 69.2 Å². The van der Waals surface area contributed by atoms with Crippen molar-refractivity contribution in [1.82, 2.24) is 29.5 Å². The van der Waals surface area contributed by atoms with E-state index in [1.165, 1.54) is 18.1 Å². The number of aromatic nitrogens is 1. The molecule has 4 amide bonds. The van der Waals surface area contributed by atoms with Crippen LogP contribution in [-0.4, -0.2) is 97.6 Å². The van der Waals surface area contributed by atoms with Crippen LogP contribution in [0, 0.1) is 11.3 Å². The third kappa shape index (κ3) is 7.57. The van der Waals surface area contributed by atoms with Crippen LogP contribution in [0.2, 0.25) is 0 Å². The summed E-state index contributed by atoms with van der Waals surface area (Å²) in [7, 11) is -1.37. The molecule has 3 aromatic rings. The summed E-state index contributed by atoms with van der Waals surface area (Å²) in [6.07, 6.45) is 0.762. The first-order valence-corrected chi connectivity index (χ1v) is 19.2. The molecule has 15 nitrogen and oxygen atoms in total. The molecule has 3 heterocycles. The monoisotopic (exact) mass is 762 g/mol. The van der Waals surface area contributed by atoms with Gasteiger partial charge >= 0.3 is 16.3 Å². The number of benzene rings is 2. The molecule has 1 saturated carbocycles. The van der Waals surface area contributed by atoms with Crippen molar-refractivity contribution in [2.45, 2.75) is 70.3 Å². The molecule has 54 heavy (non-hydrogen) atoms. The van der Waals surface area contributed by atoms with Crippen molar-refractivity contribution in [2.24, 2.45) is 11.3 Å². The molecule has 2 unspecified atom stereocenters. The van der Waals surface area contributed by atoms with E-state index in [2.05, 4.69) is 21.9 Å². The number of nitrogens with zero attached hydrogens (tertiary/aromatic N) is 3. The topological polar surface area (TPSA) is 186 Å². The van der Waals surface area contributed by atoms with Crippen LogP contribution in [0.5, 0.6) is 11.5 Å². The SMILES string of the molecule is C=CC1CC1(NC(=O)[C@@H]1CC[C@@H](Oc2cc(-c3ccccc3)nc3cc(OC)ccc23)N1C(=O)[C@H](NC(=O)OC)C(C)(C)C)C(=O)NS(=O)(=O)N1CCC1. The number of alkyl carbamates (subject to hydrolysis) is 1.